The molecule has 5 rings (SSSR count). The molecule has 52 heavy (non-hydrogen) atoms. The Morgan fingerprint density at radius 3 is 2.10 bits per heavy atom. The van der Waals surface area contributed by atoms with Gasteiger partial charge >= 0.3 is 18.1 Å². The molecule has 4 amide bonds. The Morgan fingerprint density at radius 2 is 1.58 bits per heavy atom. The first-order valence-electron chi connectivity index (χ1n) is 15.7. The number of carbonyl (C=O) groups is 5. The summed E-state index contributed by atoms with van der Waals surface area (Å²) >= 11 is 1.20. The van der Waals surface area contributed by atoms with Crippen LogP contribution in [0.15, 0.2) is 65.5 Å². The second kappa shape index (κ2) is 13.4. The summed E-state index contributed by atoms with van der Waals surface area (Å²) in [6, 6.07) is 9.40. The lowest BCUT2D eigenvalue weighted by molar-refractivity contribution is -0.171. The highest BCUT2D eigenvalue weighted by atomic mass is 32.2. The van der Waals surface area contributed by atoms with Crippen LogP contribution in [-0.2, 0) is 30.5 Å². The Bertz CT molecular complexity index is 1970. The van der Waals surface area contributed by atoms with Crippen LogP contribution in [0.3, 0.4) is 0 Å². The highest BCUT2D eigenvalue weighted by molar-refractivity contribution is 8.01. The number of hydrogen-bond acceptors (Lipinski definition) is 10. The maximum absolute atomic E-state index is 14.0. The summed E-state index contributed by atoms with van der Waals surface area (Å²) in [5, 5.41) is 18.8. The molecule has 0 radical (unpaired) electrons. The molecule has 2 aliphatic heterocycles. The SMILES string of the molecule is CC(C)(N)C(=O)N(C(=O)C(F)(F)F)c1ccc(-c2ccc(CN(C(=O)C(N)c3ccc(O)cc3)[C@@H]3C(=O)N4[C@@H]3SC(C)(C)[C@@H]4C(=O)O)c(=O)[nH]2)cc1. The van der Waals surface area contributed by atoms with Gasteiger partial charge < -0.3 is 36.5 Å². The summed E-state index contributed by atoms with van der Waals surface area (Å²) in [6.45, 7) is 5.24. The Balaban J connectivity index is 1.46. The predicted octanol–water partition coefficient (Wildman–Crippen LogP) is 2.45. The first-order chi connectivity index (χ1) is 24.0. The van der Waals surface area contributed by atoms with Crippen molar-refractivity contribution < 1.29 is 47.4 Å². The zero-order valence-corrected chi connectivity index (χ0v) is 29.0. The van der Waals surface area contributed by atoms with E-state index in [0.29, 0.717) is 5.56 Å². The molecule has 7 N–H and O–H groups in total. The normalized spacial score (nSPS) is 20.1. The number of benzene rings is 2. The third-order valence-electron chi connectivity index (χ3n) is 8.75. The van der Waals surface area contributed by atoms with Gasteiger partial charge in [0, 0.05) is 16.0 Å². The minimum atomic E-state index is -5.38. The number of imide groups is 1. The molecular weight excluding hydrogens is 709 g/mol. The van der Waals surface area contributed by atoms with E-state index in [2.05, 4.69) is 4.98 Å². The molecule has 1 unspecified atom stereocenters. The van der Waals surface area contributed by atoms with Gasteiger partial charge in [-0.1, -0.05) is 24.3 Å². The van der Waals surface area contributed by atoms with Crippen molar-refractivity contribution in [3.8, 4) is 17.0 Å². The van der Waals surface area contributed by atoms with Gasteiger partial charge in [0.15, 0.2) is 0 Å². The maximum atomic E-state index is 14.0. The summed E-state index contributed by atoms with van der Waals surface area (Å²) in [4.78, 5) is 82.9. The summed E-state index contributed by atoms with van der Waals surface area (Å²) in [6.07, 6.45) is -5.38. The first-order valence-corrected chi connectivity index (χ1v) is 16.6. The summed E-state index contributed by atoms with van der Waals surface area (Å²) < 4.78 is 39.2. The molecule has 18 heteroatoms. The number of alkyl halides is 3. The van der Waals surface area contributed by atoms with Crippen molar-refractivity contribution in [2.75, 3.05) is 4.90 Å². The van der Waals surface area contributed by atoms with Crippen LogP contribution in [0, 0.1) is 0 Å². The summed E-state index contributed by atoms with van der Waals surface area (Å²) in [7, 11) is 0. The number of hydrogen-bond donors (Lipinski definition) is 5. The number of fused-ring (bicyclic) bond motifs is 1. The smallest absolute Gasteiger partial charge is 0.472 e. The summed E-state index contributed by atoms with van der Waals surface area (Å²) in [5.74, 6) is -6.39. The molecule has 2 aliphatic rings. The standard InChI is InChI=1S/C34H35F3N6O8S/c1-32(2,39)30(50)42(31(51)34(35,36)37)19-10-5-16(6-11-19)21-14-9-18(25(45)40-21)15-41(26(46)22(38)17-7-12-20(44)13-8-17)23-27(47)43-24(29(48)49)33(3,4)52-28(23)43/h5-14,22-24,28,44H,15,38-39H2,1-4H3,(H,40,45)(H,48,49)/t22?,23-,24+,28-/m1/s1. The van der Waals surface area contributed by atoms with Gasteiger partial charge in [-0.3, -0.25) is 24.0 Å². The van der Waals surface area contributed by atoms with E-state index in [1.165, 1.54) is 65.2 Å². The number of carboxylic acid groups (broad SMARTS) is 1. The number of aromatic hydroxyl groups is 1. The lowest BCUT2D eigenvalue weighted by Crippen LogP contribution is -2.71. The number of nitrogens with one attached hydrogen (secondary N) is 1. The van der Waals surface area contributed by atoms with E-state index in [4.69, 9.17) is 11.5 Å². The minimum absolute atomic E-state index is 0.0210. The van der Waals surface area contributed by atoms with Crippen LogP contribution < -0.4 is 21.9 Å². The fourth-order valence-electron chi connectivity index (χ4n) is 6.11. The van der Waals surface area contributed by atoms with Crippen LogP contribution in [-0.4, -0.2) is 88.5 Å². The van der Waals surface area contributed by atoms with Crippen LogP contribution in [0.4, 0.5) is 18.9 Å². The maximum Gasteiger partial charge on any atom is 0.472 e. The molecule has 0 saturated carbocycles. The number of rotatable bonds is 9. The molecule has 4 atom stereocenters. The van der Waals surface area contributed by atoms with E-state index in [9.17, 15) is 52.2 Å². The van der Waals surface area contributed by atoms with Gasteiger partial charge in [0.25, 0.3) is 11.5 Å². The quantitative estimate of drug-likeness (QED) is 0.200. The Kier molecular flexibility index (Phi) is 9.81. The number of β-lactam (4-membered cyclic amide) rings is 1. The number of amides is 4. The van der Waals surface area contributed by atoms with Gasteiger partial charge in [-0.15, -0.1) is 11.8 Å². The average molecular weight is 745 g/mol. The second-order valence-corrected chi connectivity index (χ2v) is 15.3. The predicted molar refractivity (Wildman–Crippen MR) is 182 cm³/mol. The lowest BCUT2D eigenvalue weighted by atomic mass is 9.94. The van der Waals surface area contributed by atoms with Gasteiger partial charge in [-0.2, -0.15) is 13.2 Å². The average Bonchev–Trinajstić information content (AvgIpc) is 3.31. The van der Waals surface area contributed by atoms with E-state index in [1.807, 2.05) is 0 Å². The molecule has 276 valence electrons. The molecule has 2 saturated heterocycles. The Hall–Kier alpha value is -5.20. The van der Waals surface area contributed by atoms with E-state index < -0.39 is 87.4 Å². The number of aromatic nitrogens is 1. The molecule has 3 heterocycles. The van der Waals surface area contributed by atoms with Crippen molar-refractivity contribution >= 4 is 47.0 Å². The first kappa shape index (κ1) is 38.0. The van der Waals surface area contributed by atoms with Crippen molar-refractivity contribution in [2.24, 2.45) is 11.5 Å². The monoisotopic (exact) mass is 744 g/mol. The van der Waals surface area contributed by atoms with Crippen molar-refractivity contribution in [1.82, 2.24) is 14.8 Å². The van der Waals surface area contributed by atoms with Gasteiger partial charge in [0.1, 0.15) is 29.2 Å². The number of H-pyrrole nitrogens is 1. The zero-order valence-electron chi connectivity index (χ0n) is 28.2. The van der Waals surface area contributed by atoms with E-state index in [-0.39, 0.29) is 27.5 Å². The number of carbonyl (C=O) groups excluding carboxylic acids is 4. The molecular formula is C34H35F3N6O8S. The number of phenols is 1. The number of thioether (sulfide) groups is 1. The fourth-order valence-corrected chi connectivity index (χ4v) is 7.81. The van der Waals surface area contributed by atoms with Gasteiger partial charge in [0.2, 0.25) is 11.8 Å². The molecule has 2 aromatic carbocycles. The second-order valence-electron chi connectivity index (χ2n) is 13.5. The molecule has 0 spiro atoms. The van der Waals surface area contributed by atoms with Crippen molar-refractivity contribution in [1.29, 1.82) is 0 Å². The van der Waals surface area contributed by atoms with Crippen molar-refractivity contribution in [3.05, 3.63) is 82.1 Å². The van der Waals surface area contributed by atoms with E-state index >= 15 is 0 Å². The topological polar surface area (TPSA) is 220 Å². The Morgan fingerprint density at radius 1 is 0.981 bits per heavy atom. The highest BCUT2D eigenvalue weighted by Crippen LogP contribution is 2.52. The Labute approximate surface area is 298 Å². The number of carboxylic acids is 1. The lowest BCUT2D eigenvalue weighted by Gasteiger charge is -2.48. The number of aliphatic carboxylic acids is 1. The van der Waals surface area contributed by atoms with Crippen molar-refractivity contribution in [2.45, 2.75) is 74.2 Å². The van der Waals surface area contributed by atoms with Gasteiger partial charge in [-0.05, 0) is 75.2 Å². The zero-order chi connectivity index (χ0) is 38.7. The van der Waals surface area contributed by atoms with Gasteiger partial charge in [0.05, 0.1) is 17.8 Å². The molecule has 0 bridgehead atoms. The highest BCUT2D eigenvalue weighted by Gasteiger charge is 2.66. The number of aromatic amines is 1. The van der Waals surface area contributed by atoms with Crippen LogP contribution in [0.5, 0.6) is 5.75 Å². The molecule has 0 aliphatic carbocycles. The van der Waals surface area contributed by atoms with Crippen LogP contribution >= 0.6 is 11.8 Å². The molecule has 14 nitrogen and oxygen atoms in total. The molecule has 2 fully saturated rings. The third kappa shape index (κ3) is 7.00. The van der Waals surface area contributed by atoms with Crippen LogP contribution in [0.1, 0.15) is 44.9 Å². The third-order valence-corrected chi connectivity index (χ3v) is 10.3. The number of pyridine rings is 1. The molecule has 3 aromatic rings. The summed E-state index contributed by atoms with van der Waals surface area (Å²) in [5.41, 5.74) is 9.90. The number of halogens is 3. The van der Waals surface area contributed by atoms with E-state index in [1.54, 1.807) is 13.8 Å². The largest absolute Gasteiger partial charge is 0.508 e. The number of nitrogens with zero attached hydrogens (tertiary/aromatic N) is 3. The van der Waals surface area contributed by atoms with Crippen LogP contribution in [0.25, 0.3) is 11.3 Å². The van der Waals surface area contributed by atoms with E-state index in [0.717, 1.165) is 30.9 Å². The number of nitrogens with two attached hydrogens (primary N) is 2. The minimum Gasteiger partial charge on any atom is -0.508 e. The number of anilines is 1. The van der Waals surface area contributed by atoms with Gasteiger partial charge in [-0.25, -0.2) is 9.69 Å². The van der Waals surface area contributed by atoms with Crippen LogP contribution in [0.2, 0.25) is 0 Å². The van der Waals surface area contributed by atoms with Crippen molar-refractivity contribution in [3.63, 3.8) is 0 Å². The fraction of sp³-hybridized carbons (Fsp3) is 0.353. The number of phenolic OH excluding ortho intramolecular Hbond substituents is 1. The molecule has 1 aromatic heterocycles.